The highest BCUT2D eigenvalue weighted by molar-refractivity contribution is 9.13. The summed E-state index contributed by atoms with van der Waals surface area (Å²) in [6, 6.07) is 8.84. The number of hydrogen-bond donors (Lipinski definition) is 0. The highest BCUT2D eigenvalue weighted by atomic mass is 79.9. The average Bonchev–Trinajstić information content (AvgIpc) is 3.03. The Balaban J connectivity index is 1.69. The van der Waals surface area contributed by atoms with Crippen molar-refractivity contribution in [2.45, 2.75) is 12.8 Å². The third-order valence-electron chi connectivity index (χ3n) is 4.20. The van der Waals surface area contributed by atoms with Crippen LogP contribution in [0.2, 0.25) is 0 Å². The summed E-state index contributed by atoms with van der Waals surface area (Å²) in [5.74, 6) is 0. The molecule has 110 valence electrons. The highest BCUT2D eigenvalue weighted by Gasteiger charge is 2.22. The van der Waals surface area contributed by atoms with Crippen LogP contribution in [0, 0.1) is 0 Å². The van der Waals surface area contributed by atoms with Gasteiger partial charge in [-0.1, -0.05) is 12.2 Å². The van der Waals surface area contributed by atoms with Crippen molar-refractivity contribution in [1.82, 2.24) is 0 Å². The fraction of sp³-hybridized carbons (Fsp3) is 0.111. The Hall–Kier alpha value is -0.160. The lowest BCUT2D eigenvalue weighted by Gasteiger charge is -2.04. The summed E-state index contributed by atoms with van der Waals surface area (Å²) in [7, 11) is 0. The monoisotopic (exact) mass is 542 g/mol. The molecule has 4 rings (SSSR count). The molecular weight excluding hydrogens is 536 g/mol. The van der Waals surface area contributed by atoms with Gasteiger partial charge in [-0.05, 0) is 134 Å². The zero-order valence-electron chi connectivity index (χ0n) is 11.4. The van der Waals surface area contributed by atoms with Gasteiger partial charge < -0.3 is 0 Å². The van der Waals surface area contributed by atoms with Crippen molar-refractivity contribution in [2.75, 3.05) is 0 Å². The predicted octanol–water partition coefficient (Wildman–Crippen LogP) is 7.32. The summed E-state index contributed by atoms with van der Waals surface area (Å²) in [5, 5.41) is 0. The molecule has 0 nitrogen and oxygen atoms in total. The van der Waals surface area contributed by atoms with Crippen LogP contribution in [0.5, 0.6) is 0 Å². The molecule has 2 aliphatic carbocycles. The van der Waals surface area contributed by atoms with E-state index < -0.39 is 0 Å². The van der Waals surface area contributed by atoms with Crippen LogP contribution in [0.25, 0.3) is 12.2 Å². The quantitative estimate of drug-likeness (QED) is 0.352. The van der Waals surface area contributed by atoms with Gasteiger partial charge in [-0.3, -0.25) is 0 Å². The van der Waals surface area contributed by atoms with Crippen molar-refractivity contribution in [2.24, 2.45) is 0 Å². The number of rotatable bonds is 1. The number of halogens is 4. The summed E-state index contributed by atoms with van der Waals surface area (Å²) in [4.78, 5) is 0. The number of allylic oxidation sites excluding steroid dienone is 2. The number of fused-ring (bicyclic) bond motifs is 2. The van der Waals surface area contributed by atoms with Gasteiger partial charge in [0.2, 0.25) is 0 Å². The minimum absolute atomic E-state index is 1.02. The van der Waals surface area contributed by atoms with Crippen LogP contribution in [0.4, 0.5) is 0 Å². The van der Waals surface area contributed by atoms with Gasteiger partial charge in [0.1, 0.15) is 0 Å². The van der Waals surface area contributed by atoms with E-state index in [1.165, 1.54) is 33.4 Å². The predicted molar refractivity (Wildman–Crippen MR) is 107 cm³/mol. The third kappa shape index (κ3) is 2.62. The lowest BCUT2D eigenvalue weighted by atomic mass is 10.0. The molecule has 22 heavy (non-hydrogen) atoms. The fourth-order valence-electron chi connectivity index (χ4n) is 3.08. The van der Waals surface area contributed by atoms with Crippen molar-refractivity contribution < 1.29 is 0 Å². The molecule has 0 heterocycles. The molecule has 0 fully saturated rings. The largest absolute Gasteiger partial charge is 0.0508 e. The standard InChI is InChI=1S/C18H10Br4/c19-15-5-11-1-9(2-12(11)6-16(15)20)10-3-13-7-17(21)18(22)8-14(13)4-10/h1,3,5-8H,2,4H2. The highest BCUT2D eigenvalue weighted by Crippen LogP contribution is 2.40. The lowest BCUT2D eigenvalue weighted by molar-refractivity contribution is 1.13. The molecular formula is C18H10Br4. The van der Waals surface area contributed by atoms with Crippen molar-refractivity contribution >= 4 is 75.9 Å². The van der Waals surface area contributed by atoms with E-state index in [2.05, 4.69) is 100 Å². The molecule has 4 heteroatoms. The number of hydrogen-bond acceptors (Lipinski definition) is 0. The van der Waals surface area contributed by atoms with Gasteiger partial charge in [-0.2, -0.15) is 0 Å². The second-order valence-electron chi connectivity index (χ2n) is 5.62. The SMILES string of the molecule is Brc1cc2c(cc1Br)CC(C1=Cc3cc(Br)c(Br)cc3C1)=C2. The zero-order valence-corrected chi connectivity index (χ0v) is 17.7. The molecule has 0 aliphatic heterocycles. The number of benzene rings is 2. The Morgan fingerprint density at radius 2 is 0.909 bits per heavy atom. The van der Waals surface area contributed by atoms with Crippen molar-refractivity contribution in [1.29, 1.82) is 0 Å². The van der Waals surface area contributed by atoms with Crippen LogP contribution >= 0.6 is 63.7 Å². The molecule has 0 amide bonds. The van der Waals surface area contributed by atoms with Crippen LogP contribution in [-0.2, 0) is 12.8 Å². The minimum atomic E-state index is 1.02. The second-order valence-corrected chi connectivity index (χ2v) is 9.04. The maximum atomic E-state index is 3.60. The van der Waals surface area contributed by atoms with E-state index in [9.17, 15) is 0 Å². The maximum Gasteiger partial charge on any atom is 0.0323 e. The molecule has 0 unspecified atom stereocenters. The van der Waals surface area contributed by atoms with Crippen molar-refractivity contribution in [3.05, 3.63) is 75.6 Å². The van der Waals surface area contributed by atoms with Crippen LogP contribution in [0.15, 0.2) is 53.3 Å². The summed E-state index contributed by atoms with van der Waals surface area (Å²) < 4.78 is 4.47. The lowest BCUT2D eigenvalue weighted by Crippen LogP contribution is -1.91. The zero-order chi connectivity index (χ0) is 15.4. The second kappa shape index (κ2) is 5.73. The molecule has 2 aromatic carbocycles. The smallest absolute Gasteiger partial charge is 0.0323 e. The van der Waals surface area contributed by atoms with Gasteiger partial charge in [0.15, 0.2) is 0 Å². The average molecular weight is 546 g/mol. The third-order valence-corrected chi connectivity index (χ3v) is 7.89. The molecule has 0 saturated carbocycles. The molecule has 2 aromatic rings. The van der Waals surface area contributed by atoms with E-state index in [4.69, 9.17) is 0 Å². The molecule has 0 N–H and O–H groups in total. The first-order chi connectivity index (χ1) is 10.5. The summed E-state index contributed by atoms with van der Waals surface area (Å²) >= 11 is 14.4. The van der Waals surface area contributed by atoms with E-state index in [0.29, 0.717) is 0 Å². The Labute approximate surface area is 163 Å². The van der Waals surface area contributed by atoms with E-state index in [0.717, 1.165) is 30.7 Å². The Morgan fingerprint density at radius 1 is 0.545 bits per heavy atom. The summed E-state index contributed by atoms with van der Waals surface area (Å²) in [5.41, 5.74) is 8.30. The van der Waals surface area contributed by atoms with Gasteiger partial charge in [-0.25, -0.2) is 0 Å². The molecule has 0 spiro atoms. The maximum absolute atomic E-state index is 3.60. The van der Waals surface area contributed by atoms with Gasteiger partial charge in [0, 0.05) is 17.9 Å². The topological polar surface area (TPSA) is 0 Å². The van der Waals surface area contributed by atoms with Crippen molar-refractivity contribution in [3.63, 3.8) is 0 Å². The van der Waals surface area contributed by atoms with Crippen LogP contribution in [0.1, 0.15) is 22.3 Å². The molecule has 0 bridgehead atoms. The van der Waals surface area contributed by atoms with E-state index in [-0.39, 0.29) is 0 Å². The van der Waals surface area contributed by atoms with Gasteiger partial charge in [-0.15, -0.1) is 0 Å². The summed E-state index contributed by atoms with van der Waals surface area (Å²) in [6.07, 6.45) is 6.69. The van der Waals surface area contributed by atoms with Gasteiger partial charge in [0.05, 0.1) is 0 Å². The Kier molecular flexibility index (Phi) is 4.00. The van der Waals surface area contributed by atoms with Crippen LogP contribution in [-0.4, -0.2) is 0 Å². The first kappa shape index (κ1) is 15.4. The van der Waals surface area contributed by atoms with Crippen molar-refractivity contribution in [3.8, 4) is 0 Å². The van der Waals surface area contributed by atoms with E-state index >= 15 is 0 Å². The summed E-state index contributed by atoms with van der Waals surface area (Å²) in [6.45, 7) is 0. The van der Waals surface area contributed by atoms with E-state index in [1.807, 2.05) is 0 Å². The Bertz CT molecular complexity index is 802. The molecule has 0 aromatic heterocycles. The molecule has 0 saturated heterocycles. The minimum Gasteiger partial charge on any atom is -0.0508 e. The normalized spacial score (nSPS) is 15.5. The van der Waals surface area contributed by atoms with Crippen LogP contribution < -0.4 is 0 Å². The van der Waals surface area contributed by atoms with E-state index in [1.54, 1.807) is 0 Å². The van der Waals surface area contributed by atoms with Crippen LogP contribution in [0.3, 0.4) is 0 Å². The molecule has 2 aliphatic rings. The Morgan fingerprint density at radius 3 is 1.32 bits per heavy atom. The van der Waals surface area contributed by atoms with Gasteiger partial charge >= 0.3 is 0 Å². The first-order valence-corrected chi connectivity index (χ1v) is 10.1. The molecule has 0 radical (unpaired) electrons. The van der Waals surface area contributed by atoms with Gasteiger partial charge in [0.25, 0.3) is 0 Å². The first-order valence-electron chi connectivity index (χ1n) is 6.88. The fourth-order valence-corrected chi connectivity index (χ4v) is 4.59. The molecule has 0 atom stereocenters.